The number of hydrogen-bond acceptors (Lipinski definition) is 8. The van der Waals surface area contributed by atoms with Crippen molar-refractivity contribution in [3.63, 3.8) is 0 Å². The monoisotopic (exact) mass is 532 g/mol. The number of benzene rings is 2. The maximum Gasteiger partial charge on any atom is 0.252 e. The van der Waals surface area contributed by atoms with Crippen molar-refractivity contribution in [1.29, 1.82) is 0 Å². The van der Waals surface area contributed by atoms with E-state index in [0.717, 1.165) is 59.7 Å². The van der Waals surface area contributed by atoms with E-state index >= 15 is 0 Å². The number of aromatic amines is 1. The van der Waals surface area contributed by atoms with Gasteiger partial charge in [-0.2, -0.15) is 0 Å². The highest BCUT2D eigenvalue weighted by atomic mass is 16.5. The SMILES string of the molecule is CCOc1ccc2[nH]c(=O)c(CN(Cc3ccc(OC)cc3)[C@@H](CC)c3nnnn3C[C@@H]3CCCO3)cc2c1. The van der Waals surface area contributed by atoms with Gasteiger partial charge < -0.3 is 19.2 Å². The van der Waals surface area contributed by atoms with Gasteiger partial charge in [-0.1, -0.05) is 19.1 Å². The average Bonchev–Trinajstić information content (AvgIpc) is 3.63. The van der Waals surface area contributed by atoms with E-state index in [4.69, 9.17) is 14.2 Å². The molecule has 0 bridgehead atoms. The third-order valence-corrected chi connectivity index (χ3v) is 7.21. The second kappa shape index (κ2) is 12.4. The number of methoxy groups -OCH3 is 1. The molecule has 3 heterocycles. The van der Waals surface area contributed by atoms with Gasteiger partial charge in [0.2, 0.25) is 0 Å². The molecule has 2 atom stereocenters. The van der Waals surface area contributed by atoms with Gasteiger partial charge in [-0.05, 0) is 78.6 Å². The van der Waals surface area contributed by atoms with Crippen molar-refractivity contribution in [2.45, 2.75) is 64.9 Å². The summed E-state index contributed by atoms with van der Waals surface area (Å²) in [4.78, 5) is 18.5. The normalized spacial score (nSPS) is 16.2. The lowest BCUT2D eigenvalue weighted by Gasteiger charge is -2.30. The second-order valence-electron chi connectivity index (χ2n) is 9.84. The molecule has 2 aromatic carbocycles. The number of fused-ring (bicyclic) bond motifs is 1. The molecular weight excluding hydrogens is 496 g/mol. The Morgan fingerprint density at radius 1 is 1.13 bits per heavy atom. The molecule has 5 rings (SSSR count). The fourth-order valence-electron chi connectivity index (χ4n) is 5.23. The first kappa shape index (κ1) is 26.8. The van der Waals surface area contributed by atoms with Crippen LogP contribution in [0.2, 0.25) is 0 Å². The highest BCUT2D eigenvalue weighted by molar-refractivity contribution is 5.80. The van der Waals surface area contributed by atoms with Gasteiger partial charge in [0, 0.05) is 36.2 Å². The van der Waals surface area contributed by atoms with Crippen LogP contribution in [0.25, 0.3) is 10.9 Å². The minimum atomic E-state index is -0.117. The van der Waals surface area contributed by atoms with E-state index in [1.165, 1.54) is 0 Å². The summed E-state index contributed by atoms with van der Waals surface area (Å²) in [6.07, 6.45) is 2.94. The summed E-state index contributed by atoms with van der Waals surface area (Å²) in [5.74, 6) is 2.35. The van der Waals surface area contributed by atoms with Crippen LogP contribution in [-0.4, -0.2) is 56.5 Å². The number of rotatable bonds is 12. The number of nitrogens with zero attached hydrogens (tertiary/aromatic N) is 5. The molecule has 0 unspecified atom stereocenters. The smallest absolute Gasteiger partial charge is 0.252 e. The van der Waals surface area contributed by atoms with Crippen molar-refractivity contribution < 1.29 is 14.2 Å². The summed E-state index contributed by atoms with van der Waals surface area (Å²) in [5, 5.41) is 13.7. The third kappa shape index (κ3) is 6.29. The molecule has 0 amide bonds. The van der Waals surface area contributed by atoms with E-state index in [2.05, 4.69) is 32.3 Å². The number of aromatic nitrogens is 5. The second-order valence-corrected chi connectivity index (χ2v) is 9.84. The fraction of sp³-hybridized carbons (Fsp3) is 0.448. The maximum atomic E-state index is 13.2. The summed E-state index contributed by atoms with van der Waals surface area (Å²) >= 11 is 0. The summed E-state index contributed by atoms with van der Waals surface area (Å²) in [5.41, 5.74) is 2.44. The van der Waals surface area contributed by atoms with E-state index in [1.54, 1.807) is 7.11 Å². The van der Waals surface area contributed by atoms with Crippen LogP contribution in [0.5, 0.6) is 11.5 Å². The van der Waals surface area contributed by atoms with Gasteiger partial charge in [0.15, 0.2) is 5.82 Å². The van der Waals surface area contributed by atoms with Crippen LogP contribution in [-0.2, 0) is 24.4 Å². The molecule has 2 aromatic heterocycles. The van der Waals surface area contributed by atoms with Crippen LogP contribution >= 0.6 is 0 Å². The Morgan fingerprint density at radius 3 is 2.67 bits per heavy atom. The van der Waals surface area contributed by atoms with Crippen LogP contribution in [0.15, 0.2) is 53.3 Å². The largest absolute Gasteiger partial charge is 0.497 e. The standard InChI is InChI=1S/C29H36N6O4/c1-4-27(28-31-32-33-35(28)19-25-7-6-14-39-25)34(17-20-8-10-23(37-3)11-9-20)18-22-15-21-16-24(38-5-2)12-13-26(21)30-29(22)36/h8-13,15-16,25,27H,4-7,14,17-19H2,1-3H3,(H,30,36)/t25-,27-/m0/s1. The zero-order chi connectivity index (χ0) is 27.2. The molecule has 0 spiro atoms. The Morgan fingerprint density at radius 2 is 1.95 bits per heavy atom. The molecule has 0 radical (unpaired) electrons. The zero-order valence-corrected chi connectivity index (χ0v) is 22.8. The van der Waals surface area contributed by atoms with Crippen LogP contribution in [0.4, 0.5) is 0 Å². The number of tetrazole rings is 1. The van der Waals surface area contributed by atoms with Crippen molar-refractivity contribution in [3.05, 3.63) is 75.8 Å². The van der Waals surface area contributed by atoms with Crippen molar-refractivity contribution in [3.8, 4) is 11.5 Å². The van der Waals surface area contributed by atoms with Gasteiger partial charge in [-0.15, -0.1) is 5.10 Å². The lowest BCUT2D eigenvalue weighted by molar-refractivity contribution is 0.0888. The highest BCUT2D eigenvalue weighted by Gasteiger charge is 2.28. The zero-order valence-electron chi connectivity index (χ0n) is 22.8. The predicted molar refractivity (Wildman–Crippen MR) is 148 cm³/mol. The first-order valence-electron chi connectivity index (χ1n) is 13.6. The van der Waals surface area contributed by atoms with Gasteiger partial charge in [0.05, 0.1) is 32.4 Å². The minimum Gasteiger partial charge on any atom is -0.497 e. The molecule has 0 saturated carbocycles. The van der Waals surface area contributed by atoms with Gasteiger partial charge in [-0.3, -0.25) is 9.69 Å². The molecule has 10 heteroatoms. The molecule has 0 aliphatic carbocycles. The lowest BCUT2D eigenvalue weighted by Crippen LogP contribution is -2.33. The molecule has 10 nitrogen and oxygen atoms in total. The molecular formula is C29H36N6O4. The van der Waals surface area contributed by atoms with Gasteiger partial charge in [0.1, 0.15) is 11.5 Å². The van der Waals surface area contributed by atoms with Crippen molar-refractivity contribution >= 4 is 10.9 Å². The molecule has 1 aliphatic heterocycles. The van der Waals surface area contributed by atoms with Crippen molar-refractivity contribution in [2.75, 3.05) is 20.3 Å². The van der Waals surface area contributed by atoms with E-state index in [9.17, 15) is 4.79 Å². The number of nitrogens with one attached hydrogen (secondary N) is 1. The summed E-state index contributed by atoms with van der Waals surface area (Å²) in [7, 11) is 1.66. The van der Waals surface area contributed by atoms with Crippen LogP contribution in [0, 0.1) is 0 Å². The molecule has 206 valence electrons. The first-order chi connectivity index (χ1) is 19.1. The van der Waals surface area contributed by atoms with Crippen LogP contribution in [0.3, 0.4) is 0 Å². The number of H-pyrrole nitrogens is 1. The minimum absolute atomic E-state index is 0.111. The number of pyridine rings is 1. The quantitative estimate of drug-likeness (QED) is 0.289. The summed E-state index contributed by atoms with van der Waals surface area (Å²) < 4.78 is 18.8. The molecule has 4 aromatic rings. The Hall–Kier alpha value is -3.76. The maximum absolute atomic E-state index is 13.2. The number of ether oxygens (including phenoxy) is 3. The van der Waals surface area contributed by atoms with E-state index in [1.807, 2.05) is 60.1 Å². The van der Waals surface area contributed by atoms with Crippen LogP contribution in [0.1, 0.15) is 56.1 Å². The van der Waals surface area contributed by atoms with E-state index in [-0.39, 0.29) is 17.7 Å². The van der Waals surface area contributed by atoms with Crippen molar-refractivity contribution in [2.24, 2.45) is 0 Å². The molecule has 1 N–H and O–H groups in total. The van der Waals surface area contributed by atoms with Crippen LogP contribution < -0.4 is 15.0 Å². The molecule has 1 saturated heterocycles. The fourth-order valence-corrected chi connectivity index (χ4v) is 5.23. The Balaban J connectivity index is 1.49. The first-order valence-corrected chi connectivity index (χ1v) is 13.6. The summed E-state index contributed by atoms with van der Waals surface area (Å²) in [6.45, 7) is 7.07. The lowest BCUT2D eigenvalue weighted by atomic mass is 10.1. The third-order valence-electron chi connectivity index (χ3n) is 7.21. The predicted octanol–water partition coefficient (Wildman–Crippen LogP) is 4.25. The Bertz CT molecular complexity index is 1430. The van der Waals surface area contributed by atoms with Crippen molar-refractivity contribution in [1.82, 2.24) is 30.1 Å². The van der Waals surface area contributed by atoms with Gasteiger partial charge >= 0.3 is 0 Å². The summed E-state index contributed by atoms with van der Waals surface area (Å²) in [6, 6.07) is 15.6. The van der Waals surface area contributed by atoms with E-state index in [0.29, 0.717) is 31.8 Å². The highest BCUT2D eigenvalue weighted by Crippen LogP contribution is 2.28. The molecule has 1 fully saturated rings. The molecule has 39 heavy (non-hydrogen) atoms. The Kier molecular flexibility index (Phi) is 8.53. The van der Waals surface area contributed by atoms with E-state index < -0.39 is 0 Å². The topological polar surface area (TPSA) is 107 Å². The Labute approximate surface area is 227 Å². The van der Waals surface area contributed by atoms with Gasteiger partial charge in [0.25, 0.3) is 5.56 Å². The number of hydrogen-bond donors (Lipinski definition) is 1. The van der Waals surface area contributed by atoms with Gasteiger partial charge in [-0.25, -0.2) is 4.68 Å². The molecule has 1 aliphatic rings. The average molecular weight is 533 g/mol.